The summed E-state index contributed by atoms with van der Waals surface area (Å²) >= 11 is 0. The van der Waals surface area contributed by atoms with Gasteiger partial charge in [-0.15, -0.1) is 0 Å². The van der Waals surface area contributed by atoms with Crippen LogP contribution < -0.4 is 20.7 Å². The lowest BCUT2D eigenvalue weighted by Crippen LogP contribution is -2.51. The van der Waals surface area contributed by atoms with Gasteiger partial charge in [0, 0.05) is 35.2 Å². The number of amides is 2. The molecule has 206 valence electrons. The first-order valence-corrected chi connectivity index (χ1v) is 12.9. The van der Waals surface area contributed by atoms with E-state index in [1.54, 1.807) is 24.4 Å². The number of hydrogen-bond donors (Lipinski definition) is 4. The zero-order chi connectivity index (χ0) is 28.2. The summed E-state index contributed by atoms with van der Waals surface area (Å²) in [4.78, 5) is 38.8. The number of ketones is 1. The summed E-state index contributed by atoms with van der Waals surface area (Å²) in [5, 5.41) is 16.7. The molecule has 9 nitrogen and oxygen atoms in total. The van der Waals surface area contributed by atoms with E-state index < -0.39 is 28.9 Å². The molecule has 2 heterocycles. The number of fused-ring (bicyclic) bond motifs is 1. The lowest BCUT2D eigenvalue weighted by Gasteiger charge is -2.21. The SMILES string of the molecule is CCCOc1ccc(F)c(F)c1C(=O)c1ccc(C(=O)N[C@@H]2CNC[C@H]2NC(=O)c2ccc3[nH]ncc3c2)cc1. The van der Waals surface area contributed by atoms with E-state index in [9.17, 15) is 23.2 Å². The van der Waals surface area contributed by atoms with Crippen LogP contribution in [0.4, 0.5) is 8.78 Å². The molecule has 40 heavy (non-hydrogen) atoms. The van der Waals surface area contributed by atoms with Crippen LogP contribution in [0.25, 0.3) is 10.9 Å². The minimum atomic E-state index is -1.29. The summed E-state index contributed by atoms with van der Waals surface area (Å²) in [6.07, 6.45) is 2.26. The van der Waals surface area contributed by atoms with Crippen LogP contribution in [0.2, 0.25) is 0 Å². The Hall–Kier alpha value is -4.64. The maximum Gasteiger partial charge on any atom is 0.251 e. The van der Waals surface area contributed by atoms with Crippen molar-refractivity contribution in [3.05, 3.63) is 94.7 Å². The molecule has 2 atom stereocenters. The van der Waals surface area contributed by atoms with Gasteiger partial charge >= 0.3 is 0 Å². The Balaban J connectivity index is 1.25. The topological polar surface area (TPSA) is 125 Å². The Labute approximate surface area is 228 Å². The molecule has 2 amide bonds. The van der Waals surface area contributed by atoms with Gasteiger partial charge in [-0.2, -0.15) is 5.10 Å². The zero-order valence-electron chi connectivity index (χ0n) is 21.6. The fraction of sp³-hybridized carbons (Fsp3) is 0.241. The minimum absolute atomic E-state index is 0.0425. The van der Waals surface area contributed by atoms with E-state index in [0.717, 1.165) is 17.0 Å². The number of carbonyl (C=O) groups excluding carboxylic acids is 3. The van der Waals surface area contributed by atoms with Crippen molar-refractivity contribution >= 4 is 28.5 Å². The maximum atomic E-state index is 14.6. The quantitative estimate of drug-likeness (QED) is 0.238. The highest BCUT2D eigenvalue weighted by atomic mass is 19.2. The molecule has 3 aromatic carbocycles. The van der Waals surface area contributed by atoms with Crippen LogP contribution >= 0.6 is 0 Å². The largest absolute Gasteiger partial charge is 0.493 e. The third kappa shape index (κ3) is 5.55. The number of carbonyl (C=O) groups is 3. The predicted molar refractivity (Wildman–Crippen MR) is 143 cm³/mol. The number of nitrogens with zero attached hydrogens (tertiary/aromatic N) is 1. The molecule has 1 saturated heterocycles. The molecule has 0 saturated carbocycles. The minimum Gasteiger partial charge on any atom is -0.493 e. The molecule has 11 heteroatoms. The van der Waals surface area contributed by atoms with Crippen LogP contribution in [0.5, 0.6) is 5.75 Å². The Morgan fingerprint density at radius 3 is 2.27 bits per heavy atom. The molecular formula is C29H27F2N5O4. The van der Waals surface area contributed by atoms with Crippen molar-refractivity contribution < 1.29 is 27.9 Å². The third-order valence-electron chi connectivity index (χ3n) is 6.70. The number of hydrogen-bond acceptors (Lipinski definition) is 6. The van der Waals surface area contributed by atoms with Gasteiger partial charge in [0.2, 0.25) is 0 Å². The number of nitrogens with one attached hydrogen (secondary N) is 4. The first kappa shape index (κ1) is 26.9. The molecule has 1 aliphatic rings. The Bertz CT molecular complexity index is 1570. The highest BCUT2D eigenvalue weighted by Crippen LogP contribution is 2.27. The maximum absolute atomic E-state index is 14.6. The van der Waals surface area contributed by atoms with Crippen molar-refractivity contribution in [2.45, 2.75) is 25.4 Å². The number of halogens is 2. The van der Waals surface area contributed by atoms with Crippen molar-refractivity contribution in [2.75, 3.05) is 19.7 Å². The van der Waals surface area contributed by atoms with E-state index in [2.05, 4.69) is 26.1 Å². The Morgan fingerprint density at radius 2 is 1.57 bits per heavy atom. The highest BCUT2D eigenvalue weighted by molar-refractivity contribution is 6.11. The predicted octanol–water partition coefficient (Wildman–Crippen LogP) is 3.36. The fourth-order valence-corrected chi connectivity index (χ4v) is 4.56. The van der Waals surface area contributed by atoms with Crippen molar-refractivity contribution in [1.82, 2.24) is 26.1 Å². The van der Waals surface area contributed by atoms with Gasteiger partial charge in [-0.3, -0.25) is 19.5 Å². The molecular weight excluding hydrogens is 520 g/mol. The number of H-pyrrole nitrogens is 1. The summed E-state index contributed by atoms with van der Waals surface area (Å²) in [5.41, 5.74) is 1.14. The summed E-state index contributed by atoms with van der Waals surface area (Å²) in [7, 11) is 0. The van der Waals surface area contributed by atoms with E-state index in [1.807, 2.05) is 6.92 Å². The number of aromatic nitrogens is 2. The van der Waals surface area contributed by atoms with Gasteiger partial charge in [0.25, 0.3) is 11.8 Å². The molecule has 4 aromatic rings. The molecule has 5 rings (SSSR count). The first-order valence-electron chi connectivity index (χ1n) is 12.9. The molecule has 0 radical (unpaired) electrons. The van der Waals surface area contributed by atoms with E-state index in [1.165, 1.54) is 30.3 Å². The Morgan fingerprint density at radius 1 is 0.925 bits per heavy atom. The van der Waals surface area contributed by atoms with E-state index in [0.29, 0.717) is 25.1 Å². The zero-order valence-corrected chi connectivity index (χ0v) is 21.6. The monoisotopic (exact) mass is 547 g/mol. The van der Waals surface area contributed by atoms with Gasteiger partial charge in [0.05, 0.1) is 30.4 Å². The number of ether oxygens (including phenoxy) is 1. The molecule has 0 bridgehead atoms. The standard InChI is InChI=1S/C29H27F2N5O4/c1-2-11-40-24-10-8-20(30)26(31)25(24)27(37)16-3-5-17(6-4-16)28(38)34-22-14-32-15-23(22)35-29(39)18-7-9-21-19(12-18)13-33-36-21/h3-10,12-13,22-23,32H,2,11,14-15H2,1H3,(H,33,36)(H,34,38)(H,35,39)/t22-,23-/m1/s1. The van der Waals surface area contributed by atoms with Crippen molar-refractivity contribution in [2.24, 2.45) is 0 Å². The summed E-state index contributed by atoms with van der Waals surface area (Å²) < 4.78 is 33.9. The van der Waals surface area contributed by atoms with Gasteiger partial charge in [0.15, 0.2) is 17.4 Å². The lowest BCUT2D eigenvalue weighted by atomic mass is 10.00. The second-order valence-electron chi connectivity index (χ2n) is 9.48. The number of rotatable bonds is 9. The first-order chi connectivity index (χ1) is 19.4. The van der Waals surface area contributed by atoms with Crippen LogP contribution in [-0.2, 0) is 0 Å². The van der Waals surface area contributed by atoms with Gasteiger partial charge in [-0.1, -0.05) is 19.1 Å². The highest BCUT2D eigenvalue weighted by Gasteiger charge is 2.30. The van der Waals surface area contributed by atoms with Crippen molar-refractivity contribution in [3.8, 4) is 5.75 Å². The summed E-state index contributed by atoms with van der Waals surface area (Å²) in [6.45, 7) is 3.01. The molecule has 4 N–H and O–H groups in total. The van der Waals surface area contributed by atoms with Gasteiger partial charge in [0.1, 0.15) is 11.3 Å². The van der Waals surface area contributed by atoms with Crippen molar-refractivity contribution in [3.63, 3.8) is 0 Å². The van der Waals surface area contributed by atoms with E-state index >= 15 is 0 Å². The molecule has 0 spiro atoms. The van der Waals surface area contributed by atoms with Crippen LogP contribution in [-0.4, -0.2) is 59.6 Å². The molecule has 1 fully saturated rings. The van der Waals surface area contributed by atoms with E-state index in [4.69, 9.17) is 4.74 Å². The average Bonchev–Trinajstić information content (AvgIpc) is 3.62. The van der Waals surface area contributed by atoms with Gasteiger partial charge in [-0.05, 0) is 48.9 Å². The summed E-state index contributed by atoms with van der Waals surface area (Å²) in [6, 6.07) is 12.2. The van der Waals surface area contributed by atoms with E-state index in [-0.39, 0.29) is 41.5 Å². The average molecular weight is 548 g/mol. The second-order valence-corrected chi connectivity index (χ2v) is 9.48. The summed E-state index contributed by atoms with van der Waals surface area (Å²) in [5.74, 6) is -3.92. The normalized spacial score (nSPS) is 16.6. The Kier molecular flexibility index (Phi) is 7.83. The molecule has 1 aromatic heterocycles. The van der Waals surface area contributed by atoms with Gasteiger partial charge < -0.3 is 20.7 Å². The van der Waals surface area contributed by atoms with Crippen LogP contribution in [0, 0.1) is 11.6 Å². The number of aromatic amines is 1. The fourth-order valence-electron chi connectivity index (χ4n) is 4.56. The van der Waals surface area contributed by atoms with Gasteiger partial charge in [-0.25, -0.2) is 8.78 Å². The number of benzene rings is 3. The molecule has 0 aliphatic carbocycles. The van der Waals surface area contributed by atoms with Crippen LogP contribution in [0.1, 0.15) is 50.0 Å². The second kappa shape index (κ2) is 11.6. The third-order valence-corrected chi connectivity index (χ3v) is 6.70. The smallest absolute Gasteiger partial charge is 0.251 e. The van der Waals surface area contributed by atoms with Crippen molar-refractivity contribution in [1.29, 1.82) is 0 Å². The molecule has 0 unspecified atom stereocenters. The van der Waals surface area contributed by atoms with Crippen LogP contribution in [0.15, 0.2) is 60.8 Å². The lowest BCUT2D eigenvalue weighted by molar-refractivity contribution is 0.0896. The molecule has 1 aliphatic heterocycles. The van der Waals surface area contributed by atoms with Crippen LogP contribution in [0.3, 0.4) is 0 Å².